The Hall–Kier alpha value is -2.71. The molecule has 6 nitrogen and oxygen atoms in total. The van der Waals surface area contributed by atoms with Gasteiger partial charge in [-0.1, -0.05) is 35.2 Å². The number of allylic oxidation sites excluding steroid dienone is 2. The van der Waals surface area contributed by atoms with E-state index in [1.54, 1.807) is 11.0 Å². The number of carbonyl (C=O) groups excluding carboxylic acids is 2. The van der Waals surface area contributed by atoms with Gasteiger partial charge in [0.1, 0.15) is 17.2 Å². The van der Waals surface area contributed by atoms with Gasteiger partial charge in [-0.05, 0) is 55.5 Å². The molecule has 1 saturated heterocycles. The maximum atomic E-state index is 13.5. The minimum absolute atomic E-state index is 0.00436. The van der Waals surface area contributed by atoms with Gasteiger partial charge in [0, 0.05) is 34.0 Å². The Morgan fingerprint density at radius 1 is 1.25 bits per heavy atom. The average Bonchev–Trinajstić information content (AvgIpc) is 3.76. The summed E-state index contributed by atoms with van der Waals surface area (Å²) in [5, 5.41) is 2.73. The van der Waals surface area contributed by atoms with Crippen LogP contribution in [0.5, 0.6) is 0 Å². The molecule has 4 aliphatic rings. The molecule has 0 spiro atoms. The predicted octanol–water partition coefficient (Wildman–Crippen LogP) is 4.17. The Kier molecular flexibility index (Phi) is 6.92. The first kappa shape index (κ1) is 25.0. The lowest BCUT2D eigenvalue weighted by molar-refractivity contribution is -0.137. The van der Waals surface area contributed by atoms with E-state index in [2.05, 4.69) is 28.0 Å². The molecule has 11 heteroatoms. The molecule has 0 radical (unpaired) electrons. The van der Waals surface area contributed by atoms with Crippen LogP contribution in [0.15, 0.2) is 47.3 Å². The number of amides is 1. The van der Waals surface area contributed by atoms with Crippen molar-refractivity contribution in [2.45, 2.75) is 42.7 Å². The van der Waals surface area contributed by atoms with E-state index in [9.17, 15) is 22.8 Å². The van der Waals surface area contributed by atoms with Crippen LogP contribution >= 0.6 is 23.4 Å². The fourth-order valence-corrected chi connectivity index (χ4v) is 4.95. The fourth-order valence-electron chi connectivity index (χ4n) is 3.87. The molecule has 1 aromatic rings. The van der Waals surface area contributed by atoms with Gasteiger partial charge in [0.15, 0.2) is 0 Å². The summed E-state index contributed by atoms with van der Waals surface area (Å²) in [7, 11) is 0. The number of carbonyl (C=O) groups is 2. The quantitative estimate of drug-likeness (QED) is 0.389. The number of hydrogen-bond donors (Lipinski definition) is 3. The van der Waals surface area contributed by atoms with Crippen LogP contribution in [-0.4, -0.2) is 34.5 Å². The second-order valence-corrected chi connectivity index (χ2v) is 10.4. The minimum atomic E-state index is -4.59. The number of nitrogens with zero attached hydrogens (tertiary/aromatic N) is 1. The van der Waals surface area contributed by atoms with Crippen LogP contribution in [0.1, 0.15) is 36.8 Å². The maximum absolute atomic E-state index is 13.5. The van der Waals surface area contributed by atoms with Crippen LogP contribution in [0, 0.1) is 17.8 Å². The van der Waals surface area contributed by atoms with Crippen LogP contribution in [0.3, 0.4) is 0 Å². The molecule has 3 fully saturated rings. The number of thioether (sulfide) groups is 1. The summed E-state index contributed by atoms with van der Waals surface area (Å²) in [6.45, 7) is -0.00436. The summed E-state index contributed by atoms with van der Waals surface area (Å²) in [5.74, 6) is 6.27. The third kappa shape index (κ3) is 5.65. The van der Waals surface area contributed by atoms with Gasteiger partial charge in [0.05, 0.1) is 17.7 Å². The van der Waals surface area contributed by atoms with Gasteiger partial charge in [-0.2, -0.15) is 13.2 Å². The van der Waals surface area contributed by atoms with Crippen molar-refractivity contribution in [3.63, 3.8) is 0 Å². The van der Waals surface area contributed by atoms with Gasteiger partial charge >= 0.3 is 6.18 Å². The summed E-state index contributed by atoms with van der Waals surface area (Å²) in [4.78, 5) is 26.4. The Morgan fingerprint density at radius 2 is 2.03 bits per heavy atom. The van der Waals surface area contributed by atoms with E-state index < -0.39 is 23.1 Å². The van der Waals surface area contributed by atoms with Crippen LogP contribution in [0.25, 0.3) is 5.57 Å². The monoisotopic (exact) mass is 534 g/mol. The third-order valence-electron chi connectivity index (χ3n) is 6.00. The molecule has 2 unspecified atom stereocenters. The standard InChI is InChI=1S/C25H22ClF3N4O2S/c26-20-7-6-16(25(27,28)29)11-17(20)19-13-33(9-10-34)21(15-4-5-15)12-18(19)23(35)30-24-32-31-22(36-24)8-3-14-1-2-14/h6-7,10-14,22,24,31-32H,1-2,4-5,9H2,(H,30,35). The number of hydrazine groups is 1. The van der Waals surface area contributed by atoms with Gasteiger partial charge in [-0.25, -0.2) is 10.9 Å². The van der Waals surface area contributed by atoms with Crippen LogP contribution < -0.4 is 16.2 Å². The zero-order valence-electron chi connectivity index (χ0n) is 18.9. The smallest absolute Gasteiger partial charge is 0.340 e. The third-order valence-corrected chi connectivity index (χ3v) is 7.35. The fraction of sp³-hybridized carbons (Fsp3) is 0.360. The molecule has 2 atom stereocenters. The van der Waals surface area contributed by atoms with Gasteiger partial charge in [0.25, 0.3) is 5.91 Å². The van der Waals surface area contributed by atoms with Gasteiger partial charge in [-0.3, -0.25) is 4.79 Å². The highest BCUT2D eigenvalue weighted by molar-refractivity contribution is 8.00. The molecule has 1 amide bonds. The molecule has 0 aromatic heterocycles. The summed E-state index contributed by atoms with van der Waals surface area (Å²) in [6.07, 6.45) is 3.15. The van der Waals surface area contributed by atoms with E-state index in [0.717, 1.165) is 49.5 Å². The first-order chi connectivity index (χ1) is 17.2. The molecule has 188 valence electrons. The summed E-state index contributed by atoms with van der Waals surface area (Å²) in [6, 6.07) is 2.99. The lowest BCUT2D eigenvalue weighted by Crippen LogP contribution is -2.44. The van der Waals surface area contributed by atoms with Crippen molar-refractivity contribution in [2.75, 3.05) is 6.54 Å². The predicted molar refractivity (Wildman–Crippen MR) is 132 cm³/mol. The Labute approximate surface area is 215 Å². The van der Waals surface area contributed by atoms with Crippen molar-refractivity contribution >= 4 is 41.1 Å². The number of rotatable bonds is 5. The molecule has 2 heterocycles. The number of benzene rings is 1. The zero-order valence-corrected chi connectivity index (χ0v) is 20.5. The van der Waals surface area contributed by atoms with Gasteiger partial charge in [-0.15, -0.1) is 0 Å². The van der Waals surface area contributed by atoms with Crippen LogP contribution in [-0.2, 0) is 15.8 Å². The number of aldehydes is 1. The molecule has 1 aromatic carbocycles. The Bertz CT molecular complexity index is 1250. The molecule has 2 saturated carbocycles. The summed E-state index contributed by atoms with van der Waals surface area (Å²) in [5.41, 5.74) is 6.82. The highest BCUT2D eigenvalue weighted by Gasteiger charge is 2.34. The molecule has 2 aliphatic heterocycles. The largest absolute Gasteiger partial charge is 0.416 e. The molecular weight excluding hydrogens is 513 g/mol. The number of nitrogens with one attached hydrogen (secondary N) is 3. The summed E-state index contributed by atoms with van der Waals surface area (Å²) < 4.78 is 40.4. The number of hydrogen-bond acceptors (Lipinski definition) is 6. The van der Waals surface area contributed by atoms with Crippen molar-refractivity contribution in [1.29, 1.82) is 0 Å². The lowest BCUT2D eigenvalue weighted by Gasteiger charge is -2.28. The van der Waals surface area contributed by atoms with Crippen molar-refractivity contribution < 1.29 is 22.8 Å². The van der Waals surface area contributed by atoms with E-state index in [-0.39, 0.29) is 33.7 Å². The molecular formula is C25H22ClF3N4O2S. The zero-order chi connectivity index (χ0) is 25.4. The minimum Gasteiger partial charge on any atom is -0.340 e. The molecule has 0 bridgehead atoms. The van der Waals surface area contributed by atoms with Crippen molar-refractivity contribution in [2.24, 2.45) is 5.92 Å². The van der Waals surface area contributed by atoms with E-state index in [1.807, 2.05) is 0 Å². The summed E-state index contributed by atoms with van der Waals surface area (Å²) >= 11 is 7.72. The first-order valence-corrected chi connectivity index (χ1v) is 12.8. The number of halogens is 4. The van der Waals surface area contributed by atoms with Gasteiger partial charge in [0.2, 0.25) is 0 Å². The first-order valence-electron chi connectivity index (χ1n) is 11.4. The van der Waals surface area contributed by atoms with Crippen molar-refractivity contribution in [3.05, 3.63) is 63.5 Å². The second-order valence-electron chi connectivity index (χ2n) is 8.82. The maximum Gasteiger partial charge on any atom is 0.416 e. The van der Waals surface area contributed by atoms with Gasteiger partial charge < -0.3 is 15.0 Å². The lowest BCUT2D eigenvalue weighted by atomic mass is 9.92. The number of alkyl halides is 3. The highest BCUT2D eigenvalue weighted by Crippen LogP contribution is 2.42. The van der Waals surface area contributed by atoms with Crippen LogP contribution in [0.4, 0.5) is 13.2 Å². The topological polar surface area (TPSA) is 73.5 Å². The molecule has 36 heavy (non-hydrogen) atoms. The Morgan fingerprint density at radius 3 is 2.69 bits per heavy atom. The molecule has 2 aliphatic carbocycles. The van der Waals surface area contributed by atoms with E-state index in [4.69, 9.17) is 11.6 Å². The molecule has 3 N–H and O–H groups in total. The van der Waals surface area contributed by atoms with Crippen LogP contribution in [0.2, 0.25) is 5.02 Å². The normalized spacial score (nSPS) is 23.5. The average molecular weight is 535 g/mol. The van der Waals surface area contributed by atoms with E-state index in [1.165, 1.54) is 18.0 Å². The highest BCUT2D eigenvalue weighted by atomic mass is 35.5. The van der Waals surface area contributed by atoms with Crippen molar-refractivity contribution in [1.82, 2.24) is 21.1 Å². The molecule has 5 rings (SSSR count). The van der Waals surface area contributed by atoms with Crippen molar-refractivity contribution in [3.8, 4) is 11.8 Å². The second kappa shape index (κ2) is 9.98. The SMILES string of the molecule is O=CCN1C=C(c2cc(C(F)(F)F)ccc2Cl)C(C(=O)NC2NNC(C#CC3CC3)S2)=CC1=C1CC1. The van der Waals surface area contributed by atoms with E-state index in [0.29, 0.717) is 17.9 Å². The van der Waals surface area contributed by atoms with E-state index >= 15 is 0 Å². The Balaban J connectivity index is 1.46.